The molecule has 9 heteroatoms. The Morgan fingerprint density at radius 1 is 1.17 bits per heavy atom. The zero-order valence-corrected chi connectivity index (χ0v) is 19.7. The fourth-order valence-electron chi connectivity index (χ4n) is 3.42. The molecule has 0 spiro atoms. The minimum absolute atomic E-state index is 0.0570. The first-order valence-electron chi connectivity index (χ1n) is 9.43. The van der Waals surface area contributed by atoms with Gasteiger partial charge in [-0.2, -0.15) is 0 Å². The summed E-state index contributed by atoms with van der Waals surface area (Å²) < 4.78 is 29.9. The summed E-state index contributed by atoms with van der Waals surface area (Å²) in [6, 6.07) is 9.75. The number of hydrogen-bond donors (Lipinski definition) is 0. The van der Waals surface area contributed by atoms with Gasteiger partial charge < -0.3 is 9.64 Å². The molecule has 5 nitrogen and oxygen atoms in total. The van der Waals surface area contributed by atoms with Crippen LogP contribution in [0, 0.1) is 6.92 Å². The van der Waals surface area contributed by atoms with Gasteiger partial charge in [-0.15, -0.1) is 0 Å². The van der Waals surface area contributed by atoms with Crippen LogP contribution in [-0.2, 0) is 21.2 Å². The summed E-state index contributed by atoms with van der Waals surface area (Å²) in [7, 11) is -3.18. The molecule has 1 amide bonds. The monoisotopic (exact) mass is 489 g/mol. The molecule has 1 saturated heterocycles. The number of halogens is 3. The number of aryl methyl sites for hydroxylation is 1. The Kier molecular flexibility index (Phi) is 7.23. The molecule has 1 aliphatic rings. The van der Waals surface area contributed by atoms with E-state index < -0.39 is 22.0 Å². The van der Waals surface area contributed by atoms with Gasteiger partial charge in [-0.3, -0.25) is 4.79 Å². The summed E-state index contributed by atoms with van der Waals surface area (Å²) >= 11 is 18.3. The number of rotatable bonds is 6. The van der Waals surface area contributed by atoms with Crippen molar-refractivity contribution in [2.45, 2.75) is 39.0 Å². The summed E-state index contributed by atoms with van der Waals surface area (Å²) in [6.07, 6.45) is -0.438. The normalized spacial score (nSPS) is 18.8. The molecule has 2 aromatic carbocycles. The molecule has 0 N–H and O–H groups in total. The van der Waals surface area contributed by atoms with E-state index in [1.165, 1.54) is 0 Å². The summed E-state index contributed by atoms with van der Waals surface area (Å²) in [5, 5.41) is 1.51. The average Bonchev–Trinajstić information content (AvgIpc) is 3.03. The average molecular weight is 491 g/mol. The van der Waals surface area contributed by atoms with Crippen LogP contribution >= 0.6 is 34.8 Å². The van der Waals surface area contributed by atoms with E-state index in [0.29, 0.717) is 32.8 Å². The second-order valence-corrected chi connectivity index (χ2v) is 10.9. The molecule has 0 bridgehead atoms. The number of carbonyl (C=O) groups excluding carboxylic acids is 1. The number of carbonyl (C=O) groups is 1. The predicted octanol–water partition coefficient (Wildman–Crippen LogP) is 4.94. The van der Waals surface area contributed by atoms with Crippen LogP contribution < -0.4 is 4.74 Å². The largest absolute Gasteiger partial charge is 0.481 e. The molecule has 0 aromatic heterocycles. The second kappa shape index (κ2) is 9.35. The molecular weight excluding hydrogens is 469 g/mol. The highest BCUT2D eigenvalue weighted by atomic mass is 35.5. The maximum Gasteiger partial charge on any atom is 0.263 e. The lowest BCUT2D eigenvalue weighted by molar-refractivity contribution is -0.140. The highest BCUT2D eigenvalue weighted by molar-refractivity contribution is 7.91. The Hall–Kier alpha value is -1.47. The van der Waals surface area contributed by atoms with Gasteiger partial charge in [-0.1, -0.05) is 40.9 Å². The molecular formula is C21H22Cl3NO4S. The first-order chi connectivity index (χ1) is 14.1. The van der Waals surface area contributed by atoms with Crippen molar-refractivity contribution in [2.75, 3.05) is 11.5 Å². The number of sulfone groups is 1. The number of amides is 1. The molecule has 0 unspecified atom stereocenters. The topological polar surface area (TPSA) is 63.7 Å². The molecule has 2 atom stereocenters. The van der Waals surface area contributed by atoms with Crippen LogP contribution in [0.3, 0.4) is 0 Å². The molecule has 0 saturated carbocycles. The lowest BCUT2D eigenvalue weighted by Crippen LogP contribution is -2.46. The summed E-state index contributed by atoms with van der Waals surface area (Å²) in [4.78, 5) is 14.8. The molecule has 30 heavy (non-hydrogen) atoms. The Morgan fingerprint density at radius 2 is 1.90 bits per heavy atom. The zero-order valence-electron chi connectivity index (χ0n) is 16.6. The molecule has 0 radical (unpaired) electrons. The van der Waals surface area contributed by atoms with E-state index in [-0.39, 0.29) is 24.0 Å². The van der Waals surface area contributed by atoms with E-state index >= 15 is 0 Å². The van der Waals surface area contributed by atoms with E-state index in [1.54, 1.807) is 48.2 Å². The van der Waals surface area contributed by atoms with Gasteiger partial charge >= 0.3 is 0 Å². The lowest BCUT2D eigenvalue weighted by Gasteiger charge is -2.31. The van der Waals surface area contributed by atoms with Crippen LogP contribution in [0.15, 0.2) is 36.4 Å². The molecule has 1 fully saturated rings. The van der Waals surface area contributed by atoms with Gasteiger partial charge in [0.2, 0.25) is 0 Å². The summed E-state index contributed by atoms with van der Waals surface area (Å²) in [5.74, 6) is 0.190. The standard InChI is InChI=1S/C21H22Cl3NO4S/c1-13-9-18(5-6-19(13)23)29-14(2)21(26)25(17-7-8-30(27,28)12-17)11-15-3-4-16(22)10-20(15)24/h3-6,9-10,14,17H,7-8,11-12H2,1-2H3/t14-,17-/m1/s1. The third-order valence-corrected chi connectivity index (χ3v) is 7.84. The molecule has 3 rings (SSSR count). The maximum absolute atomic E-state index is 13.3. The van der Waals surface area contributed by atoms with Gasteiger partial charge in [0.05, 0.1) is 11.5 Å². The van der Waals surface area contributed by atoms with Crippen molar-refractivity contribution in [1.29, 1.82) is 0 Å². The number of benzene rings is 2. The molecule has 162 valence electrons. The Bertz CT molecular complexity index is 1060. The van der Waals surface area contributed by atoms with Crippen molar-refractivity contribution < 1.29 is 17.9 Å². The summed E-state index contributed by atoms with van der Waals surface area (Å²) in [5.41, 5.74) is 1.52. The first kappa shape index (κ1) is 23.2. The quantitative estimate of drug-likeness (QED) is 0.575. The van der Waals surface area contributed by atoms with Gasteiger partial charge in [-0.25, -0.2) is 8.42 Å². The third kappa shape index (κ3) is 5.61. The van der Waals surface area contributed by atoms with Crippen molar-refractivity contribution in [2.24, 2.45) is 0 Å². The highest BCUT2D eigenvalue weighted by Crippen LogP contribution is 2.27. The SMILES string of the molecule is Cc1cc(O[C@H](C)C(=O)N(Cc2ccc(Cl)cc2Cl)[C@@H]2CCS(=O)(=O)C2)ccc1Cl. The van der Waals surface area contributed by atoms with Gasteiger partial charge in [0.25, 0.3) is 5.91 Å². The maximum atomic E-state index is 13.3. The number of nitrogens with zero attached hydrogens (tertiary/aromatic N) is 1. The van der Waals surface area contributed by atoms with Crippen LogP contribution in [0.5, 0.6) is 5.75 Å². The van der Waals surface area contributed by atoms with Crippen LogP contribution in [0.2, 0.25) is 15.1 Å². The van der Waals surface area contributed by atoms with Crippen molar-refractivity contribution >= 4 is 50.5 Å². The van der Waals surface area contributed by atoms with Crippen molar-refractivity contribution in [3.8, 4) is 5.75 Å². The van der Waals surface area contributed by atoms with Gasteiger partial charge in [-0.05, 0) is 61.7 Å². The molecule has 1 heterocycles. The minimum atomic E-state index is -3.18. The predicted molar refractivity (Wildman–Crippen MR) is 120 cm³/mol. The van der Waals surface area contributed by atoms with Crippen LogP contribution in [0.4, 0.5) is 0 Å². The van der Waals surface area contributed by atoms with Crippen LogP contribution in [0.1, 0.15) is 24.5 Å². The molecule has 0 aliphatic carbocycles. The Labute approximate surface area is 191 Å². The second-order valence-electron chi connectivity index (χ2n) is 7.43. The van der Waals surface area contributed by atoms with Crippen molar-refractivity contribution in [1.82, 2.24) is 4.90 Å². The van der Waals surface area contributed by atoms with Gasteiger partial charge in [0.15, 0.2) is 15.9 Å². The highest BCUT2D eigenvalue weighted by Gasteiger charge is 2.37. The van der Waals surface area contributed by atoms with E-state index in [0.717, 1.165) is 5.56 Å². The lowest BCUT2D eigenvalue weighted by atomic mass is 10.1. The zero-order chi connectivity index (χ0) is 22.1. The smallest absolute Gasteiger partial charge is 0.263 e. The van der Waals surface area contributed by atoms with E-state index in [4.69, 9.17) is 39.5 Å². The molecule has 2 aromatic rings. The number of hydrogen-bond acceptors (Lipinski definition) is 4. The van der Waals surface area contributed by atoms with Gasteiger partial charge in [0.1, 0.15) is 5.75 Å². The fraction of sp³-hybridized carbons (Fsp3) is 0.381. The van der Waals surface area contributed by atoms with Crippen LogP contribution in [0.25, 0.3) is 0 Å². The van der Waals surface area contributed by atoms with Crippen molar-refractivity contribution in [3.63, 3.8) is 0 Å². The fourth-order valence-corrected chi connectivity index (χ4v) is 5.74. The van der Waals surface area contributed by atoms with E-state index in [9.17, 15) is 13.2 Å². The molecule has 1 aliphatic heterocycles. The minimum Gasteiger partial charge on any atom is -0.481 e. The first-order valence-corrected chi connectivity index (χ1v) is 12.4. The van der Waals surface area contributed by atoms with Crippen LogP contribution in [-0.4, -0.2) is 42.9 Å². The Morgan fingerprint density at radius 3 is 2.50 bits per heavy atom. The van der Waals surface area contributed by atoms with E-state index in [1.807, 2.05) is 6.92 Å². The number of ether oxygens (including phenoxy) is 1. The van der Waals surface area contributed by atoms with E-state index in [2.05, 4.69) is 0 Å². The Balaban J connectivity index is 1.84. The van der Waals surface area contributed by atoms with Gasteiger partial charge in [0, 0.05) is 27.7 Å². The summed E-state index contributed by atoms with van der Waals surface area (Å²) in [6.45, 7) is 3.66. The van der Waals surface area contributed by atoms with Crippen molar-refractivity contribution in [3.05, 3.63) is 62.6 Å². The third-order valence-electron chi connectivity index (χ3n) is 5.08.